The lowest BCUT2D eigenvalue weighted by atomic mass is 10.0. The minimum Gasteiger partial charge on any atom is -0.489 e. The number of alkyl halides is 3. The average Bonchev–Trinajstić information content (AvgIpc) is 3.03. The molecule has 2 aliphatic heterocycles. The van der Waals surface area contributed by atoms with Crippen LogP contribution < -0.4 is 15.0 Å². The Hall–Kier alpha value is -3.70. The summed E-state index contributed by atoms with van der Waals surface area (Å²) in [6.45, 7) is 6.83. The summed E-state index contributed by atoms with van der Waals surface area (Å²) in [5.41, 5.74) is 1.07. The van der Waals surface area contributed by atoms with E-state index in [0.29, 0.717) is 12.3 Å². The van der Waals surface area contributed by atoms with Crippen LogP contribution in [0.5, 0.6) is 5.75 Å². The number of nitrogens with zero attached hydrogens (tertiary/aromatic N) is 4. The topological polar surface area (TPSA) is 60.4 Å². The van der Waals surface area contributed by atoms with E-state index in [1.165, 1.54) is 11.8 Å². The number of piperidine rings is 1. The number of likely N-dealkylation sites (tertiary alicyclic amines) is 1. The van der Waals surface area contributed by atoms with Crippen molar-refractivity contribution in [3.8, 4) is 5.75 Å². The number of hydrogen-bond donors (Lipinski definition) is 1. The van der Waals surface area contributed by atoms with Gasteiger partial charge in [-0.15, -0.1) is 4.91 Å². The van der Waals surface area contributed by atoms with Crippen LogP contribution >= 0.6 is 12.2 Å². The van der Waals surface area contributed by atoms with Crippen molar-refractivity contribution < 1.29 is 17.9 Å². The Kier molecular flexibility index (Phi) is 10.1. The van der Waals surface area contributed by atoms with Gasteiger partial charge in [-0.2, -0.15) is 13.2 Å². The van der Waals surface area contributed by atoms with Gasteiger partial charge >= 0.3 is 6.18 Å². The second-order valence-corrected chi connectivity index (χ2v) is 11.4. The molecular weight excluding hydrogens is 575 g/mol. The van der Waals surface area contributed by atoms with Crippen molar-refractivity contribution in [2.24, 2.45) is 5.18 Å². The highest BCUT2D eigenvalue weighted by Gasteiger charge is 2.34. The van der Waals surface area contributed by atoms with E-state index in [1.807, 2.05) is 30.3 Å². The van der Waals surface area contributed by atoms with Crippen molar-refractivity contribution in [3.63, 3.8) is 0 Å². The van der Waals surface area contributed by atoms with Crippen molar-refractivity contribution in [1.82, 2.24) is 9.80 Å². The number of halogens is 3. The first-order valence-corrected chi connectivity index (χ1v) is 15.0. The number of benzene rings is 3. The molecule has 0 atom stereocenters. The quantitative estimate of drug-likeness (QED) is 0.194. The smallest absolute Gasteiger partial charge is 0.418 e. The summed E-state index contributed by atoms with van der Waals surface area (Å²) in [6.07, 6.45) is -2.28. The number of anilines is 2. The highest BCUT2D eigenvalue weighted by atomic mass is 32.1. The van der Waals surface area contributed by atoms with Gasteiger partial charge in [-0.05, 0) is 66.0 Å². The summed E-state index contributed by atoms with van der Waals surface area (Å²) in [6, 6.07) is 22.0. The van der Waals surface area contributed by atoms with Gasteiger partial charge in [0.1, 0.15) is 18.0 Å². The fourth-order valence-corrected chi connectivity index (χ4v) is 5.85. The lowest BCUT2D eigenvalue weighted by molar-refractivity contribution is -0.137. The van der Waals surface area contributed by atoms with E-state index in [1.54, 1.807) is 0 Å². The molecule has 1 N–H and O–H groups in total. The van der Waals surface area contributed by atoms with Crippen molar-refractivity contribution in [1.29, 1.82) is 0 Å². The molecule has 2 heterocycles. The molecule has 0 saturated carbocycles. The summed E-state index contributed by atoms with van der Waals surface area (Å²) in [4.78, 5) is 18.8. The first kappa shape index (κ1) is 30.7. The lowest BCUT2D eigenvalue weighted by Gasteiger charge is -2.37. The zero-order valence-corrected chi connectivity index (χ0v) is 24.7. The Morgan fingerprint density at radius 1 is 0.930 bits per heavy atom. The standard InChI is InChI=1S/C32H36F3N5O2S/c33-32(34,35)29-22-26(6-11-30(29)37-41)36-25-12-16-40(17-13-25)31(43)14-15-38-18-20-39(21-19-38)27-7-9-28(10-8-27)42-23-24-4-2-1-3-5-24/h1-11,22,25,36H,12-21,23H2. The van der Waals surface area contributed by atoms with Crippen LogP contribution in [0.3, 0.4) is 0 Å². The fraction of sp³-hybridized carbons (Fsp3) is 0.406. The SMILES string of the molecule is O=Nc1ccc(NC2CCN(C(=S)CCN3CCN(c4ccc(OCc5ccccc5)cc4)CC3)CC2)cc1C(F)(F)F. The van der Waals surface area contributed by atoms with Crippen LogP contribution in [0, 0.1) is 4.91 Å². The third kappa shape index (κ3) is 8.45. The molecule has 3 aromatic rings. The van der Waals surface area contributed by atoms with Crippen LogP contribution in [0.2, 0.25) is 0 Å². The zero-order valence-electron chi connectivity index (χ0n) is 23.9. The number of thiocarbonyl (C=S) groups is 1. The first-order valence-electron chi connectivity index (χ1n) is 14.6. The predicted octanol–water partition coefficient (Wildman–Crippen LogP) is 7.10. The molecule has 43 heavy (non-hydrogen) atoms. The van der Waals surface area contributed by atoms with Gasteiger partial charge in [0, 0.05) is 69.7 Å². The molecule has 0 unspecified atom stereocenters. The summed E-state index contributed by atoms with van der Waals surface area (Å²) in [5.74, 6) is 0.862. The van der Waals surface area contributed by atoms with Crippen molar-refractivity contribution >= 4 is 34.3 Å². The molecule has 0 spiro atoms. The van der Waals surface area contributed by atoms with Gasteiger partial charge in [-0.25, -0.2) is 0 Å². The molecule has 228 valence electrons. The zero-order chi connectivity index (χ0) is 30.2. The molecule has 0 amide bonds. The third-order valence-corrected chi connectivity index (χ3v) is 8.55. The van der Waals surface area contributed by atoms with E-state index in [9.17, 15) is 18.1 Å². The summed E-state index contributed by atoms with van der Waals surface area (Å²) in [5, 5.41) is 5.70. The van der Waals surface area contributed by atoms with Gasteiger partial charge in [0.05, 0.1) is 10.6 Å². The molecule has 3 aromatic carbocycles. The van der Waals surface area contributed by atoms with E-state index in [4.69, 9.17) is 17.0 Å². The highest BCUT2D eigenvalue weighted by Crippen LogP contribution is 2.38. The molecule has 2 saturated heterocycles. The minimum absolute atomic E-state index is 0.0349. The van der Waals surface area contributed by atoms with E-state index in [0.717, 1.165) is 93.5 Å². The van der Waals surface area contributed by atoms with E-state index in [-0.39, 0.29) is 6.04 Å². The number of hydrogen-bond acceptors (Lipinski definition) is 7. The predicted molar refractivity (Wildman–Crippen MR) is 168 cm³/mol. The fourth-order valence-electron chi connectivity index (χ4n) is 5.58. The van der Waals surface area contributed by atoms with Crippen LogP contribution in [0.25, 0.3) is 0 Å². The van der Waals surface area contributed by atoms with Crippen LogP contribution in [0.1, 0.15) is 30.4 Å². The Balaban J connectivity index is 1.00. The van der Waals surface area contributed by atoms with E-state index < -0.39 is 17.4 Å². The van der Waals surface area contributed by atoms with Crippen molar-refractivity contribution in [3.05, 3.63) is 88.8 Å². The van der Waals surface area contributed by atoms with Crippen molar-refractivity contribution in [2.75, 3.05) is 56.0 Å². The molecule has 2 aliphatic rings. The monoisotopic (exact) mass is 611 g/mol. The molecule has 0 bridgehead atoms. The van der Waals surface area contributed by atoms with Crippen molar-refractivity contribution in [2.45, 2.75) is 38.1 Å². The molecule has 2 fully saturated rings. The maximum Gasteiger partial charge on any atom is 0.418 e. The molecule has 0 radical (unpaired) electrons. The van der Waals surface area contributed by atoms with Crippen LogP contribution in [-0.2, 0) is 12.8 Å². The third-order valence-electron chi connectivity index (χ3n) is 8.08. The average molecular weight is 612 g/mol. The maximum absolute atomic E-state index is 13.3. The van der Waals surface area contributed by atoms with Gasteiger partial charge in [-0.1, -0.05) is 42.5 Å². The lowest BCUT2D eigenvalue weighted by Crippen LogP contribution is -2.48. The Morgan fingerprint density at radius 3 is 2.28 bits per heavy atom. The number of nitrogens with one attached hydrogen (secondary N) is 1. The first-order chi connectivity index (χ1) is 20.8. The number of rotatable bonds is 10. The summed E-state index contributed by atoms with van der Waals surface area (Å²) in [7, 11) is 0. The van der Waals surface area contributed by atoms with E-state index in [2.05, 4.69) is 49.5 Å². The highest BCUT2D eigenvalue weighted by molar-refractivity contribution is 7.80. The second kappa shape index (κ2) is 14.2. The molecule has 11 heteroatoms. The largest absolute Gasteiger partial charge is 0.489 e. The molecule has 0 aliphatic carbocycles. The van der Waals surface area contributed by atoms with Crippen LogP contribution in [0.15, 0.2) is 78.0 Å². The minimum atomic E-state index is -4.63. The molecular formula is C32H36F3N5O2S. The van der Waals surface area contributed by atoms with Crippen LogP contribution in [0.4, 0.5) is 30.2 Å². The van der Waals surface area contributed by atoms with Crippen LogP contribution in [-0.4, -0.2) is 66.6 Å². The number of ether oxygens (including phenoxy) is 1. The number of nitroso groups, excluding NO2 is 1. The Labute approximate surface area is 255 Å². The normalized spacial score (nSPS) is 16.6. The van der Waals surface area contributed by atoms with Gasteiger partial charge in [-0.3, -0.25) is 4.90 Å². The summed E-state index contributed by atoms with van der Waals surface area (Å²) < 4.78 is 45.7. The van der Waals surface area contributed by atoms with E-state index >= 15 is 0 Å². The molecule has 7 nitrogen and oxygen atoms in total. The maximum atomic E-state index is 13.3. The second-order valence-electron chi connectivity index (χ2n) is 11.0. The molecule has 0 aromatic heterocycles. The van der Waals surface area contributed by atoms with Gasteiger partial charge < -0.3 is 19.9 Å². The number of piperazine rings is 1. The Morgan fingerprint density at radius 2 is 1.63 bits per heavy atom. The summed E-state index contributed by atoms with van der Waals surface area (Å²) >= 11 is 5.75. The van der Waals surface area contributed by atoms with Gasteiger partial charge in [0.15, 0.2) is 0 Å². The Bertz CT molecular complexity index is 1360. The molecule has 5 rings (SSSR count). The van der Waals surface area contributed by atoms with Gasteiger partial charge in [0.2, 0.25) is 0 Å². The van der Waals surface area contributed by atoms with Gasteiger partial charge in [0.25, 0.3) is 0 Å².